The van der Waals surface area contributed by atoms with Crippen molar-refractivity contribution in [2.75, 3.05) is 0 Å². The van der Waals surface area contributed by atoms with Gasteiger partial charge in [0.1, 0.15) is 5.69 Å². The zero-order valence-corrected chi connectivity index (χ0v) is 11.4. The van der Waals surface area contributed by atoms with E-state index >= 15 is 0 Å². The van der Waals surface area contributed by atoms with Crippen molar-refractivity contribution in [1.29, 1.82) is 0 Å². The Morgan fingerprint density at radius 2 is 1.90 bits per heavy atom. The van der Waals surface area contributed by atoms with Gasteiger partial charge in [-0.2, -0.15) is 5.10 Å². The fourth-order valence-electron chi connectivity index (χ4n) is 1.81. The maximum atomic E-state index is 14.1. The minimum Gasteiger partial charge on any atom is -0.409 e. The Balaban J connectivity index is 2.67. The topological polar surface area (TPSA) is 76.4 Å². The molecule has 20 heavy (non-hydrogen) atoms. The van der Waals surface area contributed by atoms with Crippen LogP contribution in [0.1, 0.15) is 17.0 Å². The van der Waals surface area contributed by atoms with Crippen LogP contribution in [0.5, 0.6) is 0 Å². The van der Waals surface area contributed by atoms with Crippen LogP contribution >= 0.6 is 11.6 Å². The van der Waals surface area contributed by atoms with Gasteiger partial charge in [0.15, 0.2) is 17.5 Å². The smallest absolute Gasteiger partial charge is 0.170 e. The van der Waals surface area contributed by atoms with Gasteiger partial charge in [-0.05, 0) is 26.0 Å². The quantitative estimate of drug-likeness (QED) is 0.387. The highest BCUT2D eigenvalue weighted by Gasteiger charge is 2.19. The summed E-state index contributed by atoms with van der Waals surface area (Å²) in [6, 6.07) is 1.91. The second-order valence-corrected chi connectivity index (χ2v) is 4.55. The maximum absolute atomic E-state index is 14.1. The summed E-state index contributed by atoms with van der Waals surface area (Å²) in [5.41, 5.74) is 5.74. The Morgan fingerprint density at radius 1 is 1.35 bits per heavy atom. The van der Waals surface area contributed by atoms with E-state index in [4.69, 9.17) is 22.5 Å². The molecule has 0 bridgehead atoms. The first-order chi connectivity index (χ1) is 9.36. The second-order valence-electron chi connectivity index (χ2n) is 4.17. The molecule has 1 aromatic carbocycles. The fraction of sp³-hybridized carbons (Fsp3) is 0.167. The number of hydrogen-bond acceptors (Lipinski definition) is 3. The van der Waals surface area contributed by atoms with Crippen molar-refractivity contribution in [1.82, 2.24) is 9.78 Å². The third kappa shape index (κ3) is 2.20. The summed E-state index contributed by atoms with van der Waals surface area (Å²) < 4.78 is 29.2. The summed E-state index contributed by atoms with van der Waals surface area (Å²) in [7, 11) is 0. The lowest BCUT2D eigenvalue weighted by atomic mass is 10.1. The van der Waals surface area contributed by atoms with E-state index in [1.165, 1.54) is 0 Å². The van der Waals surface area contributed by atoms with Crippen molar-refractivity contribution in [2.24, 2.45) is 10.9 Å². The summed E-state index contributed by atoms with van der Waals surface area (Å²) in [5.74, 6) is -2.18. The van der Waals surface area contributed by atoms with E-state index < -0.39 is 11.6 Å². The van der Waals surface area contributed by atoms with Gasteiger partial charge < -0.3 is 10.9 Å². The van der Waals surface area contributed by atoms with Crippen molar-refractivity contribution in [3.63, 3.8) is 0 Å². The van der Waals surface area contributed by atoms with E-state index in [2.05, 4.69) is 10.3 Å². The fourth-order valence-corrected chi connectivity index (χ4v) is 1.93. The van der Waals surface area contributed by atoms with Crippen LogP contribution < -0.4 is 5.73 Å². The first-order valence-corrected chi connectivity index (χ1v) is 5.93. The van der Waals surface area contributed by atoms with Crippen LogP contribution in [0.3, 0.4) is 0 Å². The zero-order chi connectivity index (χ0) is 15.0. The molecule has 2 rings (SSSR count). The van der Waals surface area contributed by atoms with Crippen LogP contribution in [0, 0.1) is 25.5 Å². The number of aromatic nitrogens is 2. The van der Waals surface area contributed by atoms with Crippen molar-refractivity contribution < 1.29 is 14.0 Å². The molecular weight excluding hydrogens is 290 g/mol. The summed E-state index contributed by atoms with van der Waals surface area (Å²) in [4.78, 5) is 0. The van der Waals surface area contributed by atoms with Gasteiger partial charge in [-0.15, -0.1) is 0 Å². The lowest BCUT2D eigenvalue weighted by Crippen LogP contribution is -2.15. The van der Waals surface area contributed by atoms with Gasteiger partial charge in [0, 0.05) is 5.56 Å². The average molecular weight is 301 g/mol. The Bertz CT molecular complexity index is 689. The van der Waals surface area contributed by atoms with Crippen LogP contribution in [-0.4, -0.2) is 20.8 Å². The number of oxime groups is 1. The molecule has 0 spiro atoms. The van der Waals surface area contributed by atoms with Crippen molar-refractivity contribution >= 4 is 17.4 Å². The van der Waals surface area contributed by atoms with Crippen LogP contribution in [-0.2, 0) is 0 Å². The highest BCUT2D eigenvalue weighted by Crippen LogP contribution is 2.26. The number of rotatable bonds is 2. The molecule has 2 aromatic rings. The third-order valence-electron chi connectivity index (χ3n) is 2.84. The monoisotopic (exact) mass is 300 g/mol. The standard InChI is InChI=1S/C12H11ClF2N4O/c1-5-10(13)6(2)19(17-5)11-8(14)3-7(4-9(11)15)12(16)18-20/h3-4,20H,1-2H3,(H2,16,18). The molecule has 0 amide bonds. The number of nitrogens with zero attached hydrogens (tertiary/aromatic N) is 3. The molecule has 106 valence electrons. The van der Waals surface area contributed by atoms with Gasteiger partial charge in [-0.3, -0.25) is 0 Å². The van der Waals surface area contributed by atoms with Crippen LogP contribution in [0.15, 0.2) is 17.3 Å². The zero-order valence-electron chi connectivity index (χ0n) is 10.7. The number of halogens is 3. The molecule has 0 radical (unpaired) electrons. The van der Waals surface area contributed by atoms with E-state index in [1.807, 2.05) is 0 Å². The molecule has 1 aromatic heterocycles. The van der Waals surface area contributed by atoms with Crippen molar-refractivity contribution in [2.45, 2.75) is 13.8 Å². The van der Waals surface area contributed by atoms with E-state index in [-0.39, 0.29) is 17.1 Å². The van der Waals surface area contributed by atoms with E-state index in [9.17, 15) is 8.78 Å². The Morgan fingerprint density at radius 3 is 2.30 bits per heavy atom. The van der Waals surface area contributed by atoms with Crippen LogP contribution in [0.2, 0.25) is 5.02 Å². The molecule has 5 nitrogen and oxygen atoms in total. The molecule has 0 aliphatic heterocycles. The molecule has 0 saturated heterocycles. The molecule has 1 heterocycles. The first-order valence-electron chi connectivity index (χ1n) is 5.55. The minimum absolute atomic E-state index is 0.0705. The highest BCUT2D eigenvalue weighted by molar-refractivity contribution is 6.31. The van der Waals surface area contributed by atoms with Gasteiger partial charge in [0.05, 0.1) is 16.4 Å². The maximum Gasteiger partial charge on any atom is 0.170 e. The third-order valence-corrected chi connectivity index (χ3v) is 3.38. The van der Waals surface area contributed by atoms with Gasteiger partial charge in [0.25, 0.3) is 0 Å². The molecule has 0 saturated carbocycles. The van der Waals surface area contributed by atoms with E-state index in [1.54, 1.807) is 13.8 Å². The molecule has 0 fully saturated rings. The average Bonchev–Trinajstić information content (AvgIpc) is 2.65. The highest BCUT2D eigenvalue weighted by atomic mass is 35.5. The second kappa shape index (κ2) is 5.09. The van der Waals surface area contributed by atoms with Crippen molar-refractivity contribution in [3.05, 3.63) is 45.7 Å². The number of aryl methyl sites for hydroxylation is 1. The van der Waals surface area contributed by atoms with Gasteiger partial charge in [0.2, 0.25) is 0 Å². The van der Waals surface area contributed by atoms with E-state index in [0.717, 1.165) is 16.8 Å². The minimum atomic E-state index is -0.895. The Kier molecular flexibility index (Phi) is 3.63. The predicted molar refractivity (Wildman–Crippen MR) is 70.5 cm³/mol. The Hall–Kier alpha value is -2.15. The van der Waals surface area contributed by atoms with Gasteiger partial charge in [-0.25, -0.2) is 13.5 Å². The Labute approximate surface area is 118 Å². The number of benzene rings is 1. The molecular formula is C12H11ClF2N4O. The molecule has 8 heteroatoms. The van der Waals surface area contributed by atoms with Crippen LogP contribution in [0.25, 0.3) is 5.69 Å². The molecule has 0 aliphatic carbocycles. The van der Waals surface area contributed by atoms with E-state index in [0.29, 0.717) is 16.4 Å². The number of nitrogens with two attached hydrogens (primary N) is 1. The summed E-state index contributed by atoms with van der Waals surface area (Å²) in [5, 5.41) is 15.5. The van der Waals surface area contributed by atoms with Crippen molar-refractivity contribution in [3.8, 4) is 5.69 Å². The lowest BCUT2D eigenvalue weighted by Gasteiger charge is -2.09. The molecule has 0 aliphatic rings. The molecule has 3 N–H and O–H groups in total. The molecule has 0 atom stereocenters. The van der Waals surface area contributed by atoms with Crippen LogP contribution in [0.4, 0.5) is 8.78 Å². The summed E-state index contributed by atoms with van der Waals surface area (Å²) >= 11 is 5.96. The van der Waals surface area contributed by atoms with Gasteiger partial charge in [-0.1, -0.05) is 16.8 Å². The van der Waals surface area contributed by atoms with Gasteiger partial charge >= 0.3 is 0 Å². The first kappa shape index (κ1) is 14.3. The SMILES string of the molecule is Cc1nn(-c2c(F)cc(C(N)=NO)cc2F)c(C)c1Cl. The number of hydrogen-bond donors (Lipinski definition) is 2. The molecule has 0 unspecified atom stereocenters. The largest absolute Gasteiger partial charge is 0.409 e. The predicted octanol–water partition coefficient (Wildman–Crippen LogP) is 2.52. The normalized spacial score (nSPS) is 11.9. The summed E-state index contributed by atoms with van der Waals surface area (Å²) in [6.45, 7) is 3.23. The number of amidine groups is 1. The summed E-state index contributed by atoms with van der Waals surface area (Å²) in [6.07, 6.45) is 0. The lowest BCUT2D eigenvalue weighted by molar-refractivity contribution is 0.318.